The maximum Gasteiger partial charge on any atom is 0.363 e. The van der Waals surface area contributed by atoms with Crippen molar-refractivity contribution >= 4 is 51.3 Å². The number of para-hydroxylation sites is 1. The summed E-state index contributed by atoms with van der Waals surface area (Å²) in [6, 6.07) is 27.5. The third-order valence-corrected chi connectivity index (χ3v) is 6.08. The van der Waals surface area contributed by atoms with Crippen molar-refractivity contribution in [2.75, 3.05) is 7.11 Å². The average molecular weight is 561 g/mol. The first-order valence-corrected chi connectivity index (χ1v) is 11.7. The molecular formula is C28H20INO4. The van der Waals surface area contributed by atoms with Crippen molar-refractivity contribution in [3.05, 3.63) is 111 Å². The quantitative estimate of drug-likeness (QED) is 0.156. The highest BCUT2D eigenvalue weighted by molar-refractivity contribution is 14.1. The van der Waals surface area contributed by atoms with Gasteiger partial charge in [0.1, 0.15) is 6.61 Å². The first-order valence-electron chi connectivity index (χ1n) is 10.7. The molecule has 4 aromatic carbocycles. The molecule has 5 rings (SSSR count). The summed E-state index contributed by atoms with van der Waals surface area (Å²) in [6.45, 7) is 0.365. The van der Waals surface area contributed by atoms with Crippen LogP contribution in [0.15, 0.2) is 95.6 Å². The monoisotopic (exact) mass is 561 g/mol. The number of methoxy groups -OCH3 is 1. The number of hydrogen-bond acceptors (Lipinski definition) is 5. The van der Waals surface area contributed by atoms with Crippen molar-refractivity contribution in [3.8, 4) is 11.5 Å². The molecule has 6 heteroatoms. The van der Waals surface area contributed by atoms with Crippen LogP contribution in [0, 0.1) is 3.57 Å². The molecule has 34 heavy (non-hydrogen) atoms. The smallest absolute Gasteiger partial charge is 0.363 e. The Bertz CT molecular complexity index is 1460. The van der Waals surface area contributed by atoms with Gasteiger partial charge in [-0.1, -0.05) is 54.6 Å². The number of halogens is 1. The number of aliphatic imine (C=N–C) groups is 1. The first kappa shape index (κ1) is 22.2. The van der Waals surface area contributed by atoms with Crippen LogP contribution in [0.4, 0.5) is 0 Å². The summed E-state index contributed by atoms with van der Waals surface area (Å²) in [6.07, 6.45) is 1.67. The molecule has 0 spiro atoms. The second-order valence-electron chi connectivity index (χ2n) is 7.70. The van der Waals surface area contributed by atoms with Crippen LogP contribution in [0.2, 0.25) is 0 Å². The van der Waals surface area contributed by atoms with Gasteiger partial charge in [-0.05, 0) is 75.3 Å². The fourth-order valence-corrected chi connectivity index (χ4v) is 4.35. The Balaban J connectivity index is 1.47. The van der Waals surface area contributed by atoms with Gasteiger partial charge in [-0.25, -0.2) is 9.79 Å². The minimum Gasteiger partial charge on any atom is -0.493 e. The SMILES string of the molecule is COc1cccc(/C=C2\N=C(c3ccc4ccccc4c3)OC2=O)c1OCc1cccc(I)c1. The summed E-state index contributed by atoms with van der Waals surface area (Å²) in [4.78, 5) is 17.1. The highest BCUT2D eigenvalue weighted by Gasteiger charge is 2.25. The number of hydrogen-bond donors (Lipinski definition) is 0. The van der Waals surface area contributed by atoms with Crippen LogP contribution in [-0.2, 0) is 16.1 Å². The Kier molecular flexibility index (Phi) is 6.31. The van der Waals surface area contributed by atoms with Crippen molar-refractivity contribution in [1.29, 1.82) is 0 Å². The lowest BCUT2D eigenvalue weighted by Gasteiger charge is -2.13. The minimum atomic E-state index is -0.505. The average Bonchev–Trinajstić information content (AvgIpc) is 3.22. The molecule has 4 aromatic rings. The van der Waals surface area contributed by atoms with Gasteiger partial charge in [-0.3, -0.25) is 0 Å². The van der Waals surface area contributed by atoms with E-state index in [1.807, 2.05) is 78.9 Å². The zero-order valence-electron chi connectivity index (χ0n) is 18.3. The molecule has 0 fully saturated rings. The molecule has 0 saturated heterocycles. The first-order chi connectivity index (χ1) is 16.6. The van der Waals surface area contributed by atoms with E-state index in [4.69, 9.17) is 14.2 Å². The molecule has 0 N–H and O–H groups in total. The van der Waals surface area contributed by atoms with Gasteiger partial charge in [0, 0.05) is 14.7 Å². The molecule has 0 saturated carbocycles. The van der Waals surface area contributed by atoms with Crippen molar-refractivity contribution in [2.45, 2.75) is 6.61 Å². The third kappa shape index (κ3) is 4.68. The molecule has 1 aliphatic heterocycles. The number of benzene rings is 4. The predicted molar refractivity (Wildman–Crippen MR) is 141 cm³/mol. The van der Waals surface area contributed by atoms with Crippen LogP contribution in [0.25, 0.3) is 16.8 Å². The minimum absolute atomic E-state index is 0.204. The van der Waals surface area contributed by atoms with Gasteiger partial charge in [0.05, 0.1) is 7.11 Å². The van der Waals surface area contributed by atoms with E-state index in [2.05, 4.69) is 33.6 Å². The highest BCUT2D eigenvalue weighted by Crippen LogP contribution is 2.34. The topological polar surface area (TPSA) is 57.1 Å². The molecular weight excluding hydrogens is 541 g/mol. The highest BCUT2D eigenvalue weighted by atomic mass is 127. The molecule has 1 heterocycles. The standard InChI is InChI=1S/C28H20INO4/c1-32-25-11-5-9-21(26(25)33-17-18-6-4-10-23(29)14-18)16-24-28(31)34-27(30-24)22-13-12-19-7-2-3-8-20(19)15-22/h2-16H,17H2,1H3/b24-16-. The number of nitrogens with zero attached hydrogens (tertiary/aromatic N) is 1. The number of ether oxygens (including phenoxy) is 3. The van der Waals surface area contributed by atoms with E-state index >= 15 is 0 Å². The summed E-state index contributed by atoms with van der Waals surface area (Å²) in [5.74, 6) is 0.893. The van der Waals surface area contributed by atoms with Crippen LogP contribution in [0.5, 0.6) is 11.5 Å². The fourth-order valence-electron chi connectivity index (χ4n) is 3.75. The predicted octanol–water partition coefficient (Wildman–Crippen LogP) is 6.38. The van der Waals surface area contributed by atoms with Gasteiger partial charge in [0.25, 0.3) is 0 Å². The molecule has 0 bridgehead atoms. The number of rotatable bonds is 6. The Labute approximate surface area is 210 Å². The summed E-state index contributed by atoms with van der Waals surface area (Å²) in [5, 5.41) is 2.16. The molecule has 0 radical (unpaired) electrons. The molecule has 0 unspecified atom stereocenters. The maximum atomic E-state index is 12.6. The second-order valence-corrected chi connectivity index (χ2v) is 8.94. The van der Waals surface area contributed by atoms with Crippen molar-refractivity contribution in [2.24, 2.45) is 4.99 Å². The van der Waals surface area contributed by atoms with Crippen molar-refractivity contribution in [3.63, 3.8) is 0 Å². The fraction of sp³-hybridized carbons (Fsp3) is 0.0714. The lowest BCUT2D eigenvalue weighted by molar-refractivity contribution is -0.129. The van der Waals surface area contributed by atoms with Crippen LogP contribution in [0.3, 0.4) is 0 Å². The molecule has 0 aromatic heterocycles. The summed E-state index contributed by atoms with van der Waals surface area (Å²) in [7, 11) is 1.59. The van der Waals surface area contributed by atoms with E-state index in [9.17, 15) is 4.79 Å². The van der Waals surface area contributed by atoms with E-state index in [-0.39, 0.29) is 11.6 Å². The zero-order chi connectivity index (χ0) is 23.5. The van der Waals surface area contributed by atoms with Crippen LogP contribution in [0.1, 0.15) is 16.7 Å². The van der Waals surface area contributed by atoms with Gasteiger partial charge in [-0.2, -0.15) is 0 Å². The zero-order valence-corrected chi connectivity index (χ0v) is 20.5. The Hall–Kier alpha value is -3.65. The van der Waals surface area contributed by atoms with E-state index < -0.39 is 5.97 Å². The van der Waals surface area contributed by atoms with Crippen LogP contribution < -0.4 is 9.47 Å². The Morgan fingerprint density at radius 2 is 1.76 bits per heavy atom. The van der Waals surface area contributed by atoms with Gasteiger partial charge in [-0.15, -0.1) is 0 Å². The lowest BCUT2D eigenvalue weighted by atomic mass is 10.1. The number of esters is 1. The molecule has 168 valence electrons. The molecule has 0 amide bonds. The normalized spacial score (nSPS) is 14.2. The van der Waals surface area contributed by atoms with E-state index in [1.165, 1.54) is 0 Å². The van der Waals surface area contributed by atoms with E-state index in [0.29, 0.717) is 23.7 Å². The maximum absolute atomic E-state index is 12.6. The molecule has 1 aliphatic rings. The molecule has 5 nitrogen and oxygen atoms in total. The number of carbonyl (C=O) groups excluding carboxylic acids is 1. The van der Waals surface area contributed by atoms with Gasteiger partial charge >= 0.3 is 5.97 Å². The largest absolute Gasteiger partial charge is 0.493 e. The van der Waals surface area contributed by atoms with Crippen molar-refractivity contribution < 1.29 is 19.0 Å². The third-order valence-electron chi connectivity index (χ3n) is 5.41. The van der Waals surface area contributed by atoms with E-state index in [0.717, 1.165) is 25.5 Å². The summed E-state index contributed by atoms with van der Waals surface area (Å²) >= 11 is 2.27. The second kappa shape index (κ2) is 9.69. The summed E-state index contributed by atoms with van der Waals surface area (Å²) in [5.41, 5.74) is 2.67. The molecule has 0 aliphatic carbocycles. The van der Waals surface area contributed by atoms with Crippen molar-refractivity contribution in [1.82, 2.24) is 0 Å². The van der Waals surface area contributed by atoms with E-state index in [1.54, 1.807) is 13.2 Å². The number of carbonyl (C=O) groups is 1. The van der Waals surface area contributed by atoms with Crippen LogP contribution in [-0.4, -0.2) is 19.0 Å². The van der Waals surface area contributed by atoms with Gasteiger partial charge < -0.3 is 14.2 Å². The Morgan fingerprint density at radius 1 is 0.941 bits per heavy atom. The molecule has 0 atom stereocenters. The van der Waals surface area contributed by atoms with Gasteiger partial charge in [0.2, 0.25) is 5.90 Å². The lowest BCUT2D eigenvalue weighted by Crippen LogP contribution is -2.05. The summed E-state index contributed by atoms with van der Waals surface area (Å²) < 4.78 is 18.3. The van der Waals surface area contributed by atoms with Gasteiger partial charge in [0.15, 0.2) is 17.2 Å². The van der Waals surface area contributed by atoms with Crippen LogP contribution >= 0.6 is 22.6 Å². The number of fused-ring (bicyclic) bond motifs is 1. The Morgan fingerprint density at radius 3 is 2.59 bits per heavy atom. The number of cyclic esters (lactones) is 1.